The van der Waals surface area contributed by atoms with E-state index >= 15 is 0 Å². The van der Waals surface area contributed by atoms with Gasteiger partial charge in [-0.1, -0.05) is 36.9 Å². The van der Waals surface area contributed by atoms with Crippen molar-refractivity contribution in [2.45, 2.75) is 38.9 Å². The number of aromatic nitrogens is 4. The quantitative estimate of drug-likeness (QED) is 0.643. The van der Waals surface area contributed by atoms with E-state index in [1.54, 1.807) is 6.33 Å². The number of benzene rings is 1. The average molecular weight is 371 g/mol. The van der Waals surface area contributed by atoms with E-state index in [0.29, 0.717) is 11.0 Å². The number of aryl methyl sites for hydroxylation is 3. The van der Waals surface area contributed by atoms with Gasteiger partial charge in [0.25, 0.3) is 0 Å². The predicted octanol–water partition coefficient (Wildman–Crippen LogP) is 2.84. The zero-order valence-corrected chi connectivity index (χ0v) is 15.8. The summed E-state index contributed by atoms with van der Waals surface area (Å²) in [5.74, 6) is 1.41. The Hall–Kier alpha value is -2.61. The first-order chi connectivity index (χ1) is 12.6. The van der Waals surface area contributed by atoms with Crippen LogP contribution in [0, 0.1) is 13.8 Å². The Morgan fingerprint density at radius 1 is 1.31 bits per heavy atom. The summed E-state index contributed by atoms with van der Waals surface area (Å²) < 4.78 is 7.37. The van der Waals surface area contributed by atoms with Crippen molar-refractivity contribution in [2.24, 2.45) is 0 Å². The number of thioether (sulfide) groups is 1. The van der Waals surface area contributed by atoms with Crippen LogP contribution in [-0.2, 0) is 17.8 Å². The number of nitrogens with one attached hydrogen (secondary N) is 1. The Kier molecular flexibility index (Phi) is 5.72. The number of hydrogen-bond acceptors (Lipinski definition) is 6. The summed E-state index contributed by atoms with van der Waals surface area (Å²) in [6.45, 7) is 6.11. The molecule has 0 aliphatic heterocycles. The van der Waals surface area contributed by atoms with Crippen LogP contribution in [0.1, 0.15) is 29.8 Å². The molecule has 0 saturated heterocycles. The van der Waals surface area contributed by atoms with E-state index in [9.17, 15) is 4.79 Å². The minimum atomic E-state index is -0.109. The zero-order valence-electron chi connectivity index (χ0n) is 15.0. The van der Waals surface area contributed by atoms with Gasteiger partial charge in [0, 0.05) is 0 Å². The molecule has 2 aromatic heterocycles. The third-order valence-corrected chi connectivity index (χ3v) is 4.93. The molecule has 1 N–H and O–H groups in total. The minimum absolute atomic E-state index is 0.109. The van der Waals surface area contributed by atoms with E-state index < -0.39 is 0 Å². The third kappa shape index (κ3) is 4.13. The van der Waals surface area contributed by atoms with Crippen molar-refractivity contribution in [3.05, 3.63) is 53.5 Å². The molecule has 0 spiro atoms. The van der Waals surface area contributed by atoms with Gasteiger partial charge in [-0.2, -0.15) is 0 Å². The van der Waals surface area contributed by atoms with Crippen molar-refractivity contribution in [3.8, 4) is 5.69 Å². The van der Waals surface area contributed by atoms with Crippen LogP contribution < -0.4 is 5.32 Å². The van der Waals surface area contributed by atoms with Crippen LogP contribution in [0.2, 0.25) is 0 Å². The summed E-state index contributed by atoms with van der Waals surface area (Å²) in [6.07, 6.45) is 2.58. The fourth-order valence-corrected chi connectivity index (χ4v) is 3.25. The highest BCUT2D eigenvalue weighted by molar-refractivity contribution is 7.99. The number of para-hydroxylation sites is 1. The van der Waals surface area contributed by atoms with Crippen molar-refractivity contribution < 1.29 is 9.21 Å². The second kappa shape index (κ2) is 8.18. The number of rotatable bonds is 7. The van der Waals surface area contributed by atoms with Crippen LogP contribution in [0.25, 0.3) is 5.69 Å². The molecular weight excluding hydrogens is 350 g/mol. The Balaban J connectivity index is 1.60. The van der Waals surface area contributed by atoms with E-state index in [0.717, 1.165) is 23.6 Å². The third-order valence-electron chi connectivity index (χ3n) is 3.99. The Labute approximate surface area is 156 Å². The smallest absolute Gasteiger partial charge is 0.230 e. The topological polar surface area (TPSA) is 85.8 Å². The first-order valence-electron chi connectivity index (χ1n) is 8.39. The molecule has 1 aromatic carbocycles. The average Bonchev–Trinajstić information content (AvgIpc) is 3.24. The van der Waals surface area contributed by atoms with Gasteiger partial charge in [0.2, 0.25) is 11.8 Å². The van der Waals surface area contributed by atoms with Crippen LogP contribution in [0.3, 0.4) is 0 Å². The van der Waals surface area contributed by atoms with Gasteiger partial charge in [-0.25, -0.2) is 4.98 Å². The molecule has 7 nitrogen and oxygen atoms in total. The van der Waals surface area contributed by atoms with E-state index in [1.165, 1.54) is 17.3 Å². The van der Waals surface area contributed by atoms with Crippen molar-refractivity contribution in [1.29, 1.82) is 0 Å². The van der Waals surface area contributed by atoms with Crippen molar-refractivity contribution in [1.82, 2.24) is 25.1 Å². The highest BCUT2D eigenvalue weighted by Crippen LogP contribution is 2.22. The molecule has 3 aromatic rings. The second-order valence-electron chi connectivity index (χ2n) is 5.78. The predicted molar refractivity (Wildman–Crippen MR) is 99.3 cm³/mol. The van der Waals surface area contributed by atoms with E-state index in [2.05, 4.69) is 33.5 Å². The molecule has 26 heavy (non-hydrogen) atoms. The van der Waals surface area contributed by atoms with Gasteiger partial charge >= 0.3 is 0 Å². The van der Waals surface area contributed by atoms with Gasteiger partial charge in [0.05, 0.1) is 23.7 Å². The van der Waals surface area contributed by atoms with Gasteiger partial charge in [-0.15, -0.1) is 10.2 Å². The lowest BCUT2D eigenvalue weighted by molar-refractivity contribution is -0.118. The minimum Gasteiger partial charge on any atom is -0.444 e. The Morgan fingerprint density at radius 3 is 2.85 bits per heavy atom. The number of nitrogens with zero attached hydrogens (tertiary/aromatic N) is 4. The first-order valence-corrected chi connectivity index (χ1v) is 9.37. The summed E-state index contributed by atoms with van der Waals surface area (Å²) >= 11 is 1.35. The molecule has 136 valence electrons. The lowest BCUT2D eigenvalue weighted by Gasteiger charge is -2.10. The van der Waals surface area contributed by atoms with E-state index in [-0.39, 0.29) is 18.2 Å². The second-order valence-corrected chi connectivity index (χ2v) is 6.72. The SMILES string of the molecule is CCc1ccccc1-n1cnnc1SCC(=O)NCc1nc(C)c(C)o1. The zero-order chi connectivity index (χ0) is 18.5. The maximum absolute atomic E-state index is 12.1. The molecule has 0 saturated carbocycles. The standard InChI is InChI=1S/C18H21N5O2S/c1-4-14-7-5-6-8-15(14)23-11-20-22-18(23)26-10-16(24)19-9-17-21-12(2)13(3)25-17/h5-8,11H,4,9-10H2,1-3H3,(H,19,24). The summed E-state index contributed by atoms with van der Waals surface area (Å²) in [5, 5.41) is 11.6. The molecule has 0 fully saturated rings. The number of carbonyl (C=O) groups excluding carboxylic acids is 1. The molecule has 2 heterocycles. The van der Waals surface area contributed by atoms with Crippen molar-refractivity contribution >= 4 is 17.7 Å². The molecule has 0 aliphatic carbocycles. The molecule has 0 atom stereocenters. The van der Waals surface area contributed by atoms with Gasteiger partial charge in [-0.05, 0) is 31.9 Å². The summed E-state index contributed by atoms with van der Waals surface area (Å²) in [4.78, 5) is 16.4. The molecular formula is C18H21N5O2S. The van der Waals surface area contributed by atoms with Gasteiger partial charge < -0.3 is 9.73 Å². The largest absolute Gasteiger partial charge is 0.444 e. The van der Waals surface area contributed by atoms with Crippen LogP contribution in [0.4, 0.5) is 0 Å². The highest BCUT2D eigenvalue weighted by atomic mass is 32.2. The number of oxazole rings is 1. The molecule has 0 aliphatic rings. The van der Waals surface area contributed by atoms with Gasteiger partial charge in [0.15, 0.2) is 5.16 Å². The summed E-state index contributed by atoms with van der Waals surface area (Å²) in [5.41, 5.74) is 3.08. The fourth-order valence-electron chi connectivity index (χ4n) is 2.50. The number of hydrogen-bond donors (Lipinski definition) is 1. The van der Waals surface area contributed by atoms with Crippen LogP contribution >= 0.6 is 11.8 Å². The molecule has 3 rings (SSSR count). The highest BCUT2D eigenvalue weighted by Gasteiger charge is 2.13. The lowest BCUT2D eigenvalue weighted by atomic mass is 10.1. The Morgan fingerprint density at radius 2 is 2.12 bits per heavy atom. The van der Waals surface area contributed by atoms with Crippen molar-refractivity contribution in [2.75, 3.05) is 5.75 Å². The fraction of sp³-hybridized carbons (Fsp3) is 0.333. The summed E-state index contributed by atoms with van der Waals surface area (Å²) in [6, 6.07) is 8.10. The normalized spacial score (nSPS) is 10.9. The maximum atomic E-state index is 12.1. The monoisotopic (exact) mass is 371 g/mol. The first kappa shape index (κ1) is 18.2. The van der Waals surface area contributed by atoms with Crippen molar-refractivity contribution in [3.63, 3.8) is 0 Å². The molecule has 0 unspecified atom stereocenters. The molecule has 8 heteroatoms. The summed E-state index contributed by atoms with van der Waals surface area (Å²) in [7, 11) is 0. The number of amides is 1. The van der Waals surface area contributed by atoms with Gasteiger partial charge in [-0.3, -0.25) is 9.36 Å². The van der Waals surface area contributed by atoms with Crippen LogP contribution in [-0.4, -0.2) is 31.4 Å². The number of carbonyl (C=O) groups is 1. The maximum Gasteiger partial charge on any atom is 0.230 e. The van der Waals surface area contributed by atoms with Crippen LogP contribution in [0.5, 0.6) is 0 Å². The molecule has 1 amide bonds. The Bertz CT molecular complexity index is 883. The molecule has 0 radical (unpaired) electrons. The van der Waals surface area contributed by atoms with Gasteiger partial charge in [0.1, 0.15) is 12.1 Å². The van der Waals surface area contributed by atoms with Crippen LogP contribution in [0.15, 0.2) is 40.2 Å². The molecule has 0 bridgehead atoms. The van der Waals surface area contributed by atoms with E-state index in [1.807, 2.05) is 36.6 Å². The lowest BCUT2D eigenvalue weighted by Crippen LogP contribution is -2.24. The van der Waals surface area contributed by atoms with E-state index in [4.69, 9.17) is 4.42 Å².